The van der Waals surface area contributed by atoms with Crippen LogP contribution in [0.4, 0.5) is 5.69 Å². The summed E-state index contributed by atoms with van der Waals surface area (Å²) in [5.74, 6) is -1.06. The van der Waals surface area contributed by atoms with Crippen molar-refractivity contribution in [3.63, 3.8) is 0 Å². The van der Waals surface area contributed by atoms with Crippen LogP contribution in [0.3, 0.4) is 0 Å². The molecule has 3 N–H and O–H groups in total. The molecule has 0 saturated carbocycles. The third kappa shape index (κ3) is 10.7. The van der Waals surface area contributed by atoms with Crippen molar-refractivity contribution in [1.82, 2.24) is 5.32 Å². The van der Waals surface area contributed by atoms with Crippen LogP contribution in [0, 0.1) is 19.3 Å². The molecule has 0 bridgehead atoms. The average molecular weight is 677 g/mol. The van der Waals surface area contributed by atoms with Gasteiger partial charge in [-0.1, -0.05) is 68.8 Å². The number of carbonyl (C=O) groups is 2. The van der Waals surface area contributed by atoms with Crippen molar-refractivity contribution in [3.8, 4) is 16.9 Å². The van der Waals surface area contributed by atoms with E-state index in [-0.39, 0.29) is 17.9 Å². The van der Waals surface area contributed by atoms with Crippen molar-refractivity contribution in [3.05, 3.63) is 118 Å². The number of hydrogen-bond acceptors (Lipinski definition) is 5. The number of hydrogen-bond donors (Lipinski definition) is 3. The number of benzene rings is 4. The first-order valence-electron chi connectivity index (χ1n) is 15.3. The van der Waals surface area contributed by atoms with Crippen LogP contribution in [0.5, 0.6) is 5.75 Å². The highest BCUT2D eigenvalue weighted by Crippen LogP contribution is 2.31. The van der Waals surface area contributed by atoms with Crippen molar-refractivity contribution in [2.75, 3.05) is 24.2 Å². The Morgan fingerprint density at radius 1 is 0.872 bits per heavy atom. The van der Waals surface area contributed by atoms with E-state index >= 15 is 0 Å². The molecule has 0 aliphatic carbocycles. The van der Waals surface area contributed by atoms with Crippen LogP contribution >= 0.6 is 11.6 Å². The summed E-state index contributed by atoms with van der Waals surface area (Å²) in [6.45, 7) is 10.7. The average Bonchev–Trinajstić information content (AvgIpc) is 2.99. The Kier molecular flexibility index (Phi) is 11.5. The molecule has 1 unspecified atom stereocenters. The Labute approximate surface area is 282 Å². The van der Waals surface area contributed by atoms with E-state index in [9.17, 15) is 18.0 Å². The summed E-state index contributed by atoms with van der Waals surface area (Å²) in [7, 11) is -4.18. The number of ether oxygens (including phenoxy) is 1. The normalized spacial score (nSPS) is 12.3. The minimum atomic E-state index is -4.18. The van der Waals surface area contributed by atoms with Crippen LogP contribution in [0.25, 0.3) is 11.1 Å². The van der Waals surface area contributed by atoms with E-state index in [1.165, 1.54) is 0 Å². The summed E-state index contributed by atoms with van der Waals surface area (Å²) < 4.78 is 36.7. The van der Waals surface area contributed by atoms with Gasteiger partial charge in [0.05, 0.1) is 18.3 Å². The molecule has 10 heteroatoms. The van der Waals surface area contributed by atoms with Crippen molar-refractivity contribution in [2.45, 2.75) is 47.0 Å². The molecule has 248 valence electrons. The van der Waals surface area contributed by atoms with Crippen molar-refractivity contribution in [2.24, 2.45) is 5.41 Å². The van der Waals surface area contributed by atoms with Crippen LogP contribution in [-0.2, 0) is 21.3 Å². The van der Waals surface area contributed by atoms with Gasteiger partial charge in [0.25, 0.3) is 16.0 Å². The lowest BCUT2D eigenvalue weighted by molar-refractivity contribution is -0.117. The summed E-state index contributed by atoms with van der Waals surface area (Å²) in [5, 5.41) is 6.26. The first-order chi connectivity index (χ1) is 22.1. The zero-order valence-corrected chi connectivity index (χ0v) is 28.8. The highest BCUT2D eigenvalue weighted by Gasteiger charge is 2.23. The van der Waals surface area contributed by atoms with Crippen LogP contribution in [-0.4, -0.2) is 43.7 Å². The minimum absolute atomic E-state index is 0.000625. The Morgan fingerprint density at radius 3 is 2.06 bits per heavy atom. The second-order valence-corrected chi connectivity index (χ2v) is 14.9. The van der Waals surface area contributed by atoms with Gasteiger partial charge in [-0.05, 0) is 108 Å². The molecule has 0 fully saturated rings. The maximum atomic E-state index is 13.9. The molecule has 0 aromatic heterocycles. The molecule has 1 atom stereocenters. The van der Waals surface area contributed by atoms with Gasteiger partial charge in [0.2, 0.25) is 5.91 Å². The summed E-state index contributed by atoms with van der Waals surface area (Å²) in [5.41, 5.74) is 6.85. The molecule has 4 aromatic rings. The lowest BCUT2D eigenvalue weighted by atomic mass is 9.90. The zero-order valence-electron chi connectivity index (χ0n) is 27.3. The molecule has 4 aromatic carbocycles. The standard InChI is InChI=1S/C37H41ClN2O6S/c1-24-20-29(38)12-16-32(24)33-17-13-30(21-25(33)2)40-36(42)34(27-10-14-31(15-11-27)46-23-37(3,4)5)22-26-6-8-28(9-7-26)35(41)39-18-19-47(43,44)45/h6-17,20-21,34H,18-19,22-23H2,1-5H3,(H,39,41)(H,40,42)(H,43,44,45). The number of nitrogens with one attached hydrogen (secondary N) is 2. The number of anilines is 1. The van der Waals surface area contributed by atoms with Gasteiger partial charge in [0.15, 0.2) is 0 Å². The van der Waals surface area contributed by atoms with Crippen LogP contribution in [0.15, 0.2) is 84.9 Å². The summed E-state index contributed by atoms with van der Waals surface area (Å²) in [6.07, 6.45) is 0.361. The fraction of sp³-hybridized carbons (Fsp3) is 0.297. The molecule has 47 heavy (non-hydrogen) atoms. The topological polar surface area (TPSA) is 122 Å². The monoisotopic (exact) mass is 676 g/mol. The molecule has 0 radical (unpaired) electrons. The van der Waals surface area contributed by atoms with Gasteiger partial charge >= 0.3 is 0 Å². The van der Waals surface area contributed by atoms with Crippen molar-refractivity contribution < 1.29 is 27.3 Å². The van der Waals surface area contributed by atoms with Crippen molar-refractivity contribution in [1.29, 1.82) is 0 Å². The van der Waals surface area contributed by atoms with E-state index in [1.54, 1.807) is 24.3 Å². The molecule has 0 aliphatic rings. The Hall–Kier alpha value is -4.18. The van der Waals surface area contributed by atoms with Crippen molar-refractivity contribution >= 4 is 39.2 Å². The van der Waals surface area contributed by atoms with Gasteiger partial charge in [-0.15, -0.1) is 0 Å². The predicted octanol–water partition coefficient (Wildman–Crippen LogP) is 7.63. The number of aryl methyl sites for hydroxylation is 2. The van der Waals surface area contributed by atoms with E-state index in [4.69, 9.17) is 20.9 Å². The minimum Gasteiger partial charge on any atom is -0.493 e. The highest BCUT2D eigenvalue weighted by molar-refractivity contribution is 7.85. The fourth-order valence-electron chi connectivity index (χ4n) is 5.08. The maximum Gasteiger partial charge on any atom is 0.266 e. The number of carbonyl (C=O) groups excluding carboxylic acids is 2. The Morgan fingerprint density at radius 2 is 1.49 bits per heavy atom. The Bertz CT molecular complexity index is 1830. The van der Waals surface area contributed by atoms with E-state index in [1.807, 2.05) is 74.5 Å². The van der Waals surface area contributed by atoms with Gasteiger partial charge in [-0.3, -0.25) is 14.1 Å². The van der Waals surface area contributed by atoms with Gasteiger partial charge in [-0.2, -0.15) is 8.42 Å². The summed E-state index contributed by atoms with van der Waals surface area (Å²) in [6, 6.07) is 26.0. The number of halogens is 1. The van der Waals surface area contributed by atoms with E-state index in [2.05, 4.69) is 31.4 Å². The fourth-order valence-corrected chi connectivity index (χ4v) is 5.67. The predicted molar refractivity (Wildman–Crippen MR) is 188 cm³/mol. The summed E-state index contributed by atoms with van der Waals surface area (Å²) in [4.78, 5) is 26.4. The quantitative estimate of drug-likeness (QED) is 0.133. The molecule has 8 nitrogen and oxygen atoms in total. The molecule has 2 amide bonds. The largest absolute Gasteiger partial charge is 0.493 e. The molecule has 0 saturated heterocycles. The molecule has 4 rings (SSSR count). The number of rotatable bonds is 12. The first kappa shape index (κ1) is 35.7. The van der Waals surface area contributed by atoms with Crippen LogP contribution in [0.2, 0.25) is 5.02 Å². The molecular weight excluding hydrogens is 636 g/mol. The third-order valence-corrected chi connectivity index (χ3v) is 8.50. The highest BCUT2D eigenvalue weighted by atomic mass is 35.5. The first-order valence-corrected chi connectivity index (χ1v) is 17.3. The third-order valence-electron chi connectivity index (χ3n) is 7.54. The second-order valence-electron chi connectivity index (χ2n) is 12.9. The molecule has 0 aliphatic heterocycles. The smallest absolute Gasteiger partial charge is 0.266 e. The van der Waals surface area contributed by atoms with Crippen LogP contribution in [0.1, 0.15) is 59.3 Å². The molecule has 0 heterocycles. The molecular formula is C37H41ClN2O6S. The maximum absolute atomic E-state index is 13.9. The number of amides is 2. The van der Waals surface area contributed by atoms with E-state index in [0.29, 0.717) is 29.3 Å². The van der Waals surface area contributed by atoms with E-state index in [0.717, 1.165) is 39.1 Å². The summed E-state index contributed by atoms with van der Waals surface area (Å²) >= 11 is 6.16. The van der Waals surface area contributed by atoms with Gasteiger partial charge in [0, 0.05) is 22.8 Å². The molecule has 0 spiro atoms. The SMILES string of the molecule is Cc1cc(Cl)ccc1-c1ccc(NC(=O)C(Cc2ccc(C(=O)NCCS(=O)(=O)O)cc2)c2ccc(OCC(C)(C)C)cc2)cc1C. The van der Waals surface area contributed by atoms with Gasteiger partial charge in [-0.25, -0.2) is 0 Å². The van der Waals surface area contributed by atoms with Gasteiger partial charge < -0.3 is 15.4 Å². The zero-order chi connectivity index (χ0) is 34.4. The second kappa shape index (κ2) is 15.2. The van der Waals surface area contributed by atoms with E-state index < -0.39 is 27.7 Å². The Balaban J connectivity index is 1.55. The van der Waals surface area contributed by atoms with Crippen LogP contribution < -0.4 is 15.4 Å². The lowest BCUT2D eigenvalue weighted by Crippen LogP contribution is -2.28. The van der Waals surface area contributed by atoms with Gasteiger partial charge in [0.1, 0.15) is 5.75 Å². The lowest BCUT2D eigenvalue weighted by Gasteiger charge is -2.21.